The molecule has 8 nitrogen and oxygen atoms in total. The molecule has 2 rings (SSSR count). The zero-order chi connectivity index (χ0) is 18.8. The highest BCUT2D eigenvalue weighted by Crippen LogP contribution is 2.38. The number of anilines is 1. The van der Waals surface area contributed by atoms with Crippen molar-refractivity contribution in [2.75, 3.05) is 33.1 Å². The number of nitrogens with one attached hydrogen (secondary N) is 1. The van der Waals surface area contributed by atoms with Crippen molar-refractivity contribution in [2.45, 2.75) is 18.2 Å². The molecule has 0 radical (unpaired) electrons. The Morgan fingerprint density at radius 3 is 2.48 bits per heavy atom. The summed E-state index contributed by atoms with van der Waals surface area (Å²) in [4.78, 5) is 23.5. The van der Waals surface area contributed by atoms with Crippen LogP contribution in [0.4, 0.5) is 5.69 Å². The van der Waals surface area contributed by atoms with Gasteiger partial charge < -0.3 is 14.8 Å². The van der Waals surface area contributed by atoms with Crippen molar-refractivity contribution in [3.8, 4) is 5.75 Å². The number of hydrogen-bond acceptors (Lipinski definition) is 6. The number of rotatable bonds is 7. The maximum absolute atomic E-state index is 12.3. The largest absolute Gasteiger partial charge is 0.495 e. The van der Waals surface area contributed by atoms with Crippen molar-refractivity contribution in [1.82, 2.24) is 4.31 Å². The van der Waals surface area contributed by atoms with E-state index in [4.69, 9.17) is 9.47 Å². The van der Waals surface area contributed by atoms with Gasteiger partial charge in [0.2, 0.25) is 10.0 Å². The van der Waals surface area contributed by atoms with Crippen molar-refractivity contribution >= 4 is 27.6 Å². The number of hydrogen-bond donors (Lipinski definition) is 1. The van der Waals surface area contributed by atoms with E-state index in [9.17, 15) is 18.0 Å². The van der Waals surface area contributed by atoms with E-state index in [1.54, 1.807) is 0 Å². The van der Waals surface area contributed by atoms with E-state index in [2.05, 4.69) is 5.32 Å². The van der Waals surface area contributed by atoms with Gasteiger partial charge in [0.05, 0.1) is 13.0 Å². The molecule has 25 heavy (non-hydrogen) atoms. The summed E-state index contributed by atoms with van der Waals surface area (Å²) in [6, 6.07) is 4.26. The first kappa shape index (κ1) is 19.2. The second-order valence-corrected chi connectivity index (χ2v) is 8.25. The fraction of sp³-hybridized carbons (Fsp3) is 0.500. The fourth-order valence-corrected chi connectivity index (χ4v) is 3.32. The van der Waals surface area contributed by atoms with Gasteiger partial charge in [-0.25, -0.2) is 12.7 Å². The van der Waals surface area contributed by atoms with Crippen LogP contribution in [-0.2, 0) is 24.3 Å². The topological polar surface area (TPSA) is 102 Å². The van der Waals surface area contributed by atoms with Gasteiger partial charge in [0.15, 0.2) is 6.61 Å². The van der Waals surface area contributed by atoms with Gasteiger partial charge in [-0.1, -0.05) is 6.92 Å². The number of carbonyl (C=O) groups is 2. The number of carbonyl (C=O) groups excluding carboxylic acids is 2. The van der Waals surface area contributed by atoms with Crippen LogP contribution in [0.3, 0.4) is 0 Å². The summed E-state index contributed by atoms with van der Waals surface area (Å²) in [5.41, 5.74) is 0.266. The molecule has 1 saturated carbocycles. The molecule has 138 valence electrons. The standard InChI is InChI=1S/C16H22N2O6S/c1-10-7-12(10)16(20)24-9-15(19)17-11-5-6-13(23-4)14(8-11)25(21,22)18(2)3/h5-6,8,10,12H,7,9H2,1-4H3,(H,17,19)/t10-,12-/m1/s1. The van der Waals surface area contributed by atoms with Crippen molar-refractivity contribution in [3.63, 3.8) is 0 Å². The van der Waals surface area contributed by atoms with Gasteiger partial charge in [-0.2, -0.15) is 0 Å². The molecule has 1 amide bonds. The van der Waals surface area contributed by atoms with E-state index >= 15 is 0 Å². The van der Waals surface area contributed by atoms with E-state index in [1.807, 2.05) is 6.92 Å². The molecule has 1 aromatic rings. The Kier molecular flexibility index (Phi) is 5.69. The summed E-state index contributed by atoms with van der Waals surface area (Å²) in [5, 5.41) is 2.52. The molecule has 1 aliphatic rings. The summed E-state index contributed by atoms with van der Waals surface area (Å²) in [7, 11) is 0.423. The molecule has 2 atom stereocenters. The van der Waals surface area contributed by atoms with Gasteiger partial charge in [0, 0.05) is 19.8 Å². The van der Waals surface area contributed by atoms with Crippen LogP contribution < -0.4 is 10.1 Å². The third kappa shape index (κ3) is 4.49. The number of benzene rings is 1. The first-order valence-corrected chi connectivity index (χ1v) is 9.18. The van der Waals surface area contributed by atoms with E-state index < -0.39 is 22.5 Å². The summed E-state index contributed by atoms with van der Waals surface area (Å²) in [6.07, 6.45) is 0.782. The average Bonchev–Trinajstić information content (AvgIpc) is 3.29. The first-order chi connectivity index (χ1) is 11.7. The number of methoxy groups -OCH3 is 1. The molecule has 0 unspecified atom stereocenters. The number of nitrogens with zero attached hydrogens (tertiary/aromatic N) is 1. The molecular formula is C16H22N2O6S. The van der Waals surface area contributed by atoms with Crippen LogP contribution in [0.5, 0.6) is 5.75 Å². The summed E-state index contributed by atoms with van der Waals surface area (Å²) < 4.78 is 35.8. The zero-order valence-electron chi connectivity index (χ0n) is 14.6. The van der Waals surface area contributed by atoms with Gasteiger partial charge in [-0.15, -0.1) is 0 Å². The van der Waals surface area contributed by atoms with E-state index in [0.29, 0.717) is 5.92 Å². The average molecular weight is 370 g/mol. The minimum atomic E-state index is -3.74. The van der Waals surface area contributed by atoms with Crippen LogP contribution in [0.15, 0.2) is 23.1 Å². The Labute approximate surface area is 147 Å². The quantitative estimate of drug-likeness (QED) is 0.721. The fourth-order valence-electron chi connectivity index (χ4n) is 2.24. The highest BCUT2D eigenvalue weighted by Gasteiger charge is 2.40. The summed E-state index contributed by atoms with van der Waals surface area (Å²) >= 11 is 0. The number of amides is 1. The lowest BCUT2D eigenvalue weighted by molar-refractivity contribution is -0.148. The lowest BCUT2D eigenvalue weighted by Gasteiger charge is -2.16. The number of sulfonamides is 1. The third-order valence-corrected chi connectivity index (χ3v) is 5.80. The monoisotopic (exact) mass is 370 g/mol. The number of esters is 1. The highest BCUT2D eigenvalue weighted by molar-refractivity contribution is 7.89. The molecule has 1 N–H and O–H groups in total. The first-order valence-electron chi connectivity index (χ1n) is 7.74. The van der Waals surface area contributed by atoms with Crippen LogP contribution >= 0.6 is 0 Å². The lowest BCUT2D eigenvalue weighted by atomic mass is 10.3. The highest BCUT2D eigenvalue weighted by atomic mass is 32.2. The van der Waals surface area contributed by atoms with Gasteiger partial charge in [-0.3, -0.25) is 9.59 Å². The molecule has 0 bridgehead atoms. The Morgan fingerprint density at radius 2 is 1.96 bits per heavy atom. The van der Waals surface area contributed by atoms with Gasteiger partial charge in [-0.05, 0) is 30.5 Å². The maximum atomic E-state index is 12.3. The molecule has 1 aliphatic carbocycles. The predicted octanol–water partition coefficient (Wildman–Crippen LogP) is 1.08. The molecule has 0 aliphatic heterocycles. The summed E-state index contributed by atoms with van der Waals surface area (Å²) in [6.45, 7) is 1.53. The Morgan fingerprint density at radius 1 is 1.32 bits per heavy atom. The van der Waals surface area contributed by atoms with Gasteiger partial charge >= 0.3 is 5.97 Å². The van der Waals surface area contributed by atoms with Crippen LogP contribution in [0, 0.1) is 11.8 Å². The second-order valence-electron chi connectivity index (χ2n) is 6.13. The van der Waals surface area contributed by atoms with Crippen molar-refractivity contribution in [2.24, 2.45) is 11.8 Å². The second kappa shape index (κ2) is 7.40. The number of ether oxygens (including phenoxy) is 2. The van der Waals surface area contributed by atoms with Crippen molar-refractivity contribution < 1.29 is 27.5 Å². The van der Waals surface area contributed by atoms with Crippen molar-refractivity contribution in [1.29, 1.82) is 0 Å². The van der Waals surface area contributed by atoms with Crippen LogP contribution in [0.1, 0.15) is 13.3 Å². The molecule has 0 aromatic heterocycles. The zero-order valence-corrected chi connectivity index (χ0v) is 15.4. The minimum absolute atomic E-state index is 0.0680. The predicted molar refractivity (Wildman–Crippen MR) is 90.7 cm³/mol. The molecule has 0 heterocycles. The maximum Gasteiger partial charge on any atom is 0.309 e. The molecule has 1 fully saturated rings. The molecule has 0 saturated heterocycles. The van der Waals surface area contributed by atoms with Crippen molar-refractivity contribution in [3.05, 3.63) is 18.2 Å². The Bertz CT molecular complexity index is 775. The molecule has 0 spiro atoms. The Balaban J connectivity index is 2.07. The van der Waals surface area contributed by atoms with Gasteiger partial charge in [0.25, 0.3) is 5.91 Å². The third-order valence-electron chi connectivity index (χ3n) is 3.96. The molecular weight excluding hydrogens is 348 g/mol. The Hall–Kier alpha value is -2.13. The van der Waals surface area contributed by atoms with Crippen LogP contribution in [-0.4, -0.2) is 52.4 Å². The summed E-state index contributed by atoms with van der Waals surface area (Å²) in [5.74, 6) is -0.573. The lowest BCUT2D eigenvalue weighted by Crippen LogP contribution is -2.24. The van der Waals surface area contributed by atoms with Gasteiger partial charge in [0.1, 0.15) is 10.6 Å². The van der Waals surface area contributed by atoms with E-state index in [1.165, 1.54) is 39.4 Å². The van der Waals surface area contributed by atoms with Crippen LogP contribution in [0.2, 0.25) is 0 Å². The molecule has 1 aromatic carbocycles. The van der Waals surface area contributed by atoms with E-state index in [-0.39, 0.29) is 28.2 Å². The molecule has 9 heteroatoms. The SMILES string of the molecule is COc1ccc(NC(=O)COC(=O)[C@@H]2C[C@H]2C)cc1S(=O)(=O)N(C)C. The smallest absolute Gasteiger partial charge is 0.309 e. The van der Waals surface area contributed by atoms with Crippen LogP contribution in [0.25, 0.3) is 0 Å². The normalized spacial score (nSPS) is 19.4. The minimum Gasteiger partial charge on any atom is -0.495 e. The van der Waals surface area contributed by atoms with E-state index in [0.717, 1.165) is 10.7 Å².